The second kappa shape index (κ2) is 4.50. The molecule has 14 heavy (non-hydrogen) atoms. The summed E-state index contributed by atoms with van der Waals surface area (Å²) in [6.07, 6.45) is 20.1. The summed E-state index contributed by atoms with van der Waals surface area (Å²) in [5, 5.41) is 0. The van der Waals surface area contributed by atoms with E-state index in [0.29, 0.717) is 0 Å². The summed E-state index contributed by atoms with van der Waals surface area (Å²) in [5.41, 5.74) is 2.70. The molecule has 0 aromatic rings. The number of rotatable bonds is 0. The van der Waals surface area contributed by atoms with E-state index in [1.54, 1.807) is 0 Å². The van der Waals surface area contributed by atoms with Gasteiger partial charge in [-0.05, 0) is 11.1 Å². The van der Waals surface area contributed by atoms with Crippen molar-refractivity contribution >= 4 is 0 Å². The van der Waals surface area contributed by atoms with Crippen LogP contribution in [-0.2, 0) is 17.4 Å². The molecule has 1 heteroatoms. The van der Waals surface area contributed by atoms with Crippen LogP contribution in [0, 0.1) is 0 Å². The number of fused-ring (bicyclic) bond motifs is 1. The van der Waals surface area contributed by atoms with Crippen molar-refractivity contribution in [1.82, 2.24) is 0 Å². The molecule has 0 aliphatic heterocycles. The van der Waals surface area contributed by atoms with Gasteiger partial charge in [-0.2, -0.15) is 0 Å². The summed E-state index contributed by atoms with van der Waals surface area (Å²) >= 11 is 2.54. The van der Waals surface area contributed by atoms with Gasteiger partial charge in [-0.3, -0.25) is 0 Å². The van der Waals surface area contributed by atoms with Gasteiger partial charge in [0.1, 0.15) is 0 Å². The van der Waals surface area contributed by atoms with Gasteiger partial charge in [-0.15, -0.1) is 0 Å². The van der Waals surface area contributed by atoms with Crippen LogP contribution in [0.15, 0.2) is 70.1 Å². The van der Waals surface area contributed by atoms with E-state index >= 15 is 0 Å². The summed E-state index contributed by atoms with van der Waals surface area (Å²) in [7, 11) is 0. The van der Waals surface area contributed by atoms with Crippen LogP contribution in [-0.4, -0.2) is 0 Å². The van der Waals surface area contributed by atoms with Crippen LogP contribution in [0.2, 0.25) is 0 Å². The summed E-state index contributed by atoms with van der Waals surface area (Å²) in [6.45, 7) is 0. The Morgan fingerprint density at radius 2 is 1.50 bits per heavy atom. The third-order valence-corrected chi connectivity index (χ3v) is 2.71. The molecule has 0 saturated carbocycles. The first-order chi connectivity index (χ1) is 6.86. The van der Waals surface area contributed by atoms with E-state index in [1.807, 2.05) is 0 Å². The molecule has 68 valence electrons. The molecule has 0 fully saturated rings. The van der Waals surface area contributed by atoms with Gasteiger partial charge >= 0.3 is 46.4 Å². The second-order valence-electron chi connectivity index (χ2n) is 3.25. The maximum absolute atomic E-state index is 2.54. The average molecular weight is 218 g/mol. The molecule has 3 rings (SSSR count). The number of allylic oxidation sites excluding steroid dienone is 12. The molecule has 0 aromatic heterocycles. The van der Waals surface area contributed by atoms with Crippen molar-refractivity contribution in [2.24, 2.45) is 0 Å². The van der Waals surface area contributed by atoms with Crippen LogP contribution in [0.5, 0.6) is 0 Å². The van der Waals surface area contributed by atoms with Gasteiger partial charge in [0.05, 0.1) is 0 Å². The van der Waals surface area contributed by atoms with E-state index in [9.17, 15) is 0 Å². The molecule has 0 saturated heterocycles. The van der Waals surface area contributed by atoms with Gasteiger partial charge in [-0.1, -0.05) is 36.5 Å². The molecule has 3 aliphatic carbocycles. The Morgan fingerprint density at radius 1 is 0.857 bits per heavy atom. The fourth-order valence-electron chi connectivity index (χ4n) is 1.44. The zero-order valence-corrected chi connectivity index (χ0v) is 9.25. The van der Waals surface area contributed by atoms with Crippen molar-refractivity contribution in [3.8, 4) is 0 Å². The van der Waals surface area contributed by atoms with Crippen molar-refractivity contribution in [2.75, 3.05) is 0 Å². The molecule has 0 aromatic carbocycles. The van der Waals surface area contributed by atoms with E-state index in [-0.39, 0.29) is 0 Å². The van der Waals surface area contributed by atoms with Gasteiger partial charge in [0.2, 0.25) is 0 Å². The Balaban J connectivity index is 0.000000112. The molecule has 0 nitrogen and oxygen atoms in total. The van der Waals surface area contributed by atoms with Crippen LogP contribution in [0.1, 0.15) is 6.42 Å². The molecule has 0 N–H and O–H groups in total. The van der Waals surface area contributed by atoms with Crippen molar-refractivity contribution < 1.29 is 17.4 Å². The molecular weight excluding hydrogens is 207 g/mol. The topological polar surface area (TPSA) is 0 Å². The summed E-state index contributed by atoms with van der Waals surface area (Å²) in [6, 6.07) is 0. The Labute approximate surface area is 94.1 Å². The molecular formula is C13H11V. The van der Waals surface area contributed by atoms with E-state index in [1.165, 1.54) is 15.4 Å². The zero-order valence-electron chi connectivity index (χ0n) is 7.85. The average Bonchev–Trinajstić information content (AvgIpc) is 2.77. The minimum atomic E-state index is 1.14. The van der Waals surface area contributed by atoms with Gasteiger partial charge < -0.3 is 0 Å². The molecule has 0 atom stereocenters. The molecule has 0 unspecified atom stereocenters. The first kappa shape index (κ1) is 9.57. The minimum absolute atomic E-state index is 1.14. The fraction of sp³-hybridized carbons (Fsp3) is 0.0769. The standard InChI is InChI=1S/C8H6.C5H5.V/c1-3-7-5-2-6-8(7)4-1;1-2-4-5-3-1;/h1-6H;1-3H,4H2;. The molecule has 0 radical (unpaired) electrons. The summed E-state index contributed by atoms with van der Waals surface area (Å²) < 4.78 is 1.41. The van der Waals surface area contributed by atoms with E-state index in [2.05, 4.69) is 72.1 Å². The normalized spacial score (nSPS) is 19.9. The third kappa shape index (κ3) is 2.28. The SMILES string of the molecule is C1=CC2=CC=CC2=C1.[V][C]1=CC=CC1. The molecule has 0 spiro atoms. The van der Waals surface area contributed by atoms with Crippen LogP contribution < -0.4 is 0 Å². The number of hydrogen-bond donors (Lipinski definition) is 0. The Kier molecular flexibility index (Phi) is 3.08. The molecule has 0 bridgehead atoms. The predicted octanol–water partition coefficient (Wildman–Crippen LogP) is 3.36. The monoisotopic (exact) mass is 218 g/mol. The van der Waals surface area contributed by atoms with E-state index in [0.717, 1.165) is 6.42 Å². The fourth-order valence-corrected chi connectivity index (χ4v) is 1.74. The molecule has 0 heterocycles. The van der Waals surface area contributed by atoms with Crippen LogP contribution in [0.4, 0.5) is 0 Å². The van der Waals surface area contributed by atoms with Crippen molar-refractivity contribution in [2.45, 2.75) is 6.42 Å². The Hall–Kier alpha value is -0.976. The van der Waals surface area contributed by atoms with E-state index in [4.69, 9.17) is 0 Å². The van der Waals surface area contributed by atoms with Gasteiger partial charge in [0, 0.05) is 0 Å². The first-order valence-corrected chi connectivity index (χ1v) is 5.38. The summed E-state index contributed by atoms with van der Waals surface area (Å²) in [4.78, 5) is 0. The van der Waals surface area contributed by atoms with Crippen LogP contribution in [0.3, 0.4) is 0 Å². The van der Waals surface area contributed by atoms with Crippen LogP contribution in [0.25, 0.3) is 0 Å². The van der Waals surface area contributed by atoms with Crippen LogP contribution >= 0.6 is 0 Å². The van der Waals surface area contributed by atoms with Crippen molar-refractivity contribution in [1.29, 1.82) is 0 Å². The first-order valence-electron chi connectivity index (χ1n) is 4.68. The predicted molar refractivity (Wildman–Crippen MR) is 56.3 cm³/mol. The summed E-state index contributed by atoms with van der Waals surface area (Å²) in [5.74, 6) is 0. The molecule has 3 aliphatic rings. The van der Waals surface area contributed by atoms with Gasteiger partial charge in [0.15, 0.2) is 0 Å². The number of hydrogen-bond acceptors (Lipinski definition) is 0. The van der Waals surface area contributed by atoms with Gasteiger partial charge in [0.25, 0.3) is 0 Å². The van der Waals surface area contributed by atoms with Gasteiger partial charge in [-0.25, -0.2) is 0 Å². The third-order valence-electron chi connectivity index (χ3n) is 2.19. The zero-order chi connectivity index (χ0) is 9.80. The van der Waals surface area contributed by atoms with Crippen molar-refractivity contribution in [3.05, 3.63) is 70.1 Å². The quantitative estimate of drug-likeness (QED) is 0.584. The second-order valence-corrected chi connectivity index (χ2v) is 4.15. The Morgan fingerprint density at radius 3 is 1.86 bits per heavy atom. The Bertz CT molecular complexity index is 375. The maximum atomic E-state index is 2.54. The van der Waals surface area contributed by atoms with Crippen molar-refractivity contribution in [3.63, 3.8) is 0 Å². The van der Waals surface area contributed by atoms with E-state index < -0.39 is 0 Å². The molecule has 0 amide bonds.